The van der Waals surface area contributed by atoms with E-state index in [0.29, 0.717) is 0 Å². The minimum absolute atomic E-state index is 0.853. The lowest BCUT2D eigenvalue weighted by molar-refractivity contribution is 0.412. The highest BCUT2D eigenvalue weighted by molar-refractivity contribution is 7.80. The summed E-state index contributed by atoms with van der Waals surface area (Å²) in [6, 6.07) is 6.65. The Morgan fingerprint density at radius 2 is 2.21 bits per heavy atom. The van der Waals surface area contributed by atoms with E-state index in [1.165, 1.54) is 23.2 Å². The van der Waals surface area contributed by atoms with Gasteiger partial charge in [0.25, 0.3) is 0 Å². The van der Waals surface area contributed by atoms with Crippen LogP contribution >= 0.6 is 12.2 Å². The third kappa shape index (κ3) is 3.67. The number of thiocarbonyl (C=S) groups is 1. The summed E-state index contributed by atoms with van der Waals surface area (Å²) in [4.78, 5) is 4.40. The Morgan fingerprint density at radius 3 is 2.95 bits per heavy atom. The van der Waals surface area contributed by atoms with Gasteiger partial charge in [-0.05, 0) is 57.7 Å². The first kappa shape index (κ1) is 14.3. The van der Waals surface area contributed by atoms with Crippen molar-refractivity contribution < 1.29 is 0 Å². The highest BCUT2D eigenvalue weighted by atomic mass is 32.1. The monoisotopic (exact) mass is 277 g/mol. The third-order valence-corrected chi connectivity index (χ3v) is 3.80. The van der Waals surface area contributed by atoms with E-state index in [9.17, 15) is 0 Å². The molecule has 1 aliphatic rings. The average Bonchev–Trinajstić information content (AvgIpc) is 2.37. The van der Waals surface area contributed by atoms with Crippen LogP contribution in [0.1, 0.15) is 17.5 Å². The second kappa shape index (κ2) is 6.35. The first-order chi connectivity index (χ1) is 9.08. The molecule has 0 amide bonds. The Kier molecular flexibility index (Phi) is 4.77. The van der Waals surface area contributed by atoms with Crippen LogP contribution in [-0.4, -0.2) is 43.7 Å². The molecule has 1 aliphatic heterocycles. The number of hydrogen-bond donors (Lipinski definition) is 1. The molecule has 104 valence electrons. The lowest BCUT2D eigenvalue weighted by Crippen LogP contribution is -2.44. The molecule has 1 N–H and O–H groups in total. The average molecular weight is 277 g/mol. The highest BCUT2D eigenvalue weighted by Crippen LogP contribution is 2.27. The van der Waals surface area contributed by atoms with Crippen molar-refractivity contribution >= 4 is 23.0 Å². The molecule has 0 fully saturated rings. The summed E-state index contributed by atoms with van der Waals surface area (Å²) < 4.78 is 0. The van der Waals surface area contributed by atoms with Crippen molar-refractivity contribution in [3.63, 3.8) is 0 Å². The maximum atomic E-state index is 5.53. The van der Waals surface area contributed by atoms with Gasteiger partial charge >= 0.3 is 0 Å². The topological polar surface area (TPSA) is 18.5 Å². The fourth-order valence-corrected chi connectivity index (χ4v) is 2.71. The van der Waals surface area contributed by atoms with Crippen LogP contribution in [0, 0.1) is 6.92 Å². The lowest BCUT2D eigenvalue weighted by Gasteiger charge is -2.32. The van der Waals surface area contributed by atoms with Gasteiger partial charge in [0.15, 0.2) is 5.11 Å². The van der Waals surface area contributed by atoms with Crippen molar-refractivity contribution in [2.24, 2.45) is 0 Å². The Balaban J connectivity index is 2.04. The minimum atomic E-state index is 0.853. The van der Waals surface area contributed by atoms with Crippen LogP contribution in [0.25, 0.3) is 0 Å². The first-order valence-electron chi connectivity index (χ1n) is 6.87. The molecule has 19 heavy (non-hydrogen) atoms. The number of anilines is 1. The molecule has 1 aromatic carbocycles. The molecule has 0 atom stereocenters. The molecular weight excluding hydrogens is 254 g/mol. The molecule has 4 heteroatoms. The van der Waals surface area contributed by atoms with E-state index in [1.54, 1.807) is 0 Å². The van der Waals surface area contributed by atoms with Crippen LogP contribution in [0.2, 0.25) is 0 Å². The zero-order valence-electron chi connectivity index (χ0n) is 12.1. The summed E-state index contributed by atoms with van der Waals surface area (Å²) in [5.41, 5.74) is 4.02. The normalized spacial score (nSPS) is 14.4. The van der Waals surface area contributed by atoms with Crippen molar-refractivity contribution in [1.29, 1.82) is 0 Å². The van der Waals surface area contributed by atoms with Crippen LogP contribution in [0.5, 0.6) is 0 Å². The van der Waals surface area contributed by atoms with Gasteiger partial charge in [0.2, 0.25) is 0 Å². The molecule has 1 aromatic rings. The van der Waals surface area contributed by atoms with Crippen molar-refractivity contribution in [2.75, 3.05) is 38.6 Å². The zero-order chi connectivity index (χ0) is 13.8. The van der Waals surface area contributed by atoms with Crippen molar-refractivity contribution in [2.45, 2.75) is 19.8 Å². The summed E-state index contributed by atoms with van der Waals surface area (Å²) in [5.74, 6) is 0. The molecule has 1 heterocycles. The van der Waals surface area contributed by atoms with E-state index in [2.05, 4.69) is 54.3 Å². The molecule has 2 rings (SSSR count). The summed E-state index contributed by atoms with van der Waals surface area (Å²) in [6.07, 6.45) is 2.33. The molecule has 0 spiro atoms. The van der Waals surface area contributed by atoms with E-state index in [-0.39, 0.29) is 0 Å². The lowest BCUT2D eigenvalue weighted by atomic mass is 10.00. The van der Waals surface area contributed by atoms with Gasteiger partial charge in [0.05, 0.1) is 0 Å². The van der Waals surface area contributed by atoms with Crippen LogP contribution < -0.4 is 10.2 Å². The van der Waals surface area contributed by atoms with Gasteiger partial charge in [-0.3, -0.25) is 0 Å². The molecular formula is C15H23N3S. The van der Waals surface area contributed by atoms with E-state index in [4.69, 9.17) is 12.2 Å². The number of hydrogen-bond acceptors (Lipinski definition) is 2. The van der Waals surface area contributed by atoms with Crippen molar-refractivity contribution in [3.05, 3.63) is 29.3 Å². The van der Waals surface area contributed by atoms with E-state index in [1.807, 2.05) is 0 Å². The Hall–Kier alpha value is -1.13. The Bertz CT molecular complexity index is 457. The largest absolute Gasteiger partial charge is 0.361 e. The summed E-state index contributed by atoms with van der Waals surface area (Å²) in [7, 11) is 4.15. The molecule has 3 nitrogen and oxygen atoms in total. The Morgan fingerprint density at radius 1 is 1.42 bits per heavy atom. The SMILES string of the molecule is Cc1ccc2c(c1)CCCN2C(=S)NCCN(C)C. The summed E-state index contributed by atoms with van der Waals surface area (Å²) >= 11 is 5.53. The van der Waals surface area contributed by atoms with Gasteiger partial charge < -0.3 is 15.1 Å². The van der Waals surface area contributed by atoms with Gasteiger partial charge in [-0.15, -0.1) is 0 Å². The molecule has 0 unspecified atom stereocenters. The van der Waals surface area contributed by atoms with Gasteiger partial charge in [0, 0.05) is 25.3 Å². The minimum Gasteiger partial charge on any atom is -0.361 e. The number of aryl methyl sites for hydroxylation is 2. The van der Waals surface area contributed by atoms with E-state index >= 15 is 0 Å². The van der Waals surface area contributed by atoms with Crippen LogP contribution in [0.3, 0.4) is 0 Å². The summed E-state index contributed by atoms with van der Waals surface area (Å²) in [6.45, 7) is 5.05. The fraction of sp³-hybridized carbons (Fsp3) is 0.533. The highest BCUT2D eigenvalue weighted by Gasteiger charge is 2.19. The van der Waals surface area contributed by atoms with Crippen LogP contribution in [0.4, 0.5) is 5.69 Å². The van der Waals surface area contributed by atoms with Gasteiger partial charge in [-0.25, -0.2) is 0 Å². The maximum absolute atomic E-state index is 5.53. The van der Waals surface area contributed by atoms with Crippen LogP contribution in [0.15, 0.2) is 18.2 Å². The van der Waals surface area contributed by atoms with Crippen molar-refractivity contribution in [3.8, 4) is 0 Å². The second-order valence-electron chi connectivity index (χ2n) is 5.42. The second-order valence-corrected chi connectivity index (χ2v) is 5.81. The number of nitrogens with zero attached hydrogens (tertiary/aromatic N) is 2. The first-order valence-corrected chi connectivity index (χ1v) is 7.28. The van der Waals surface area contributed by atoms with Crippen molar-refractivity contribution in [1.82, 2.24) is 10.2 Å². The quantitative estimate of drug-likeness (QED) is 0.853. The standard InChI is InChI=1S/C15H23N3S/c1-12-6-7-14-13(11-12)5-4-9-18(14)15(19)16-8-10-17(2)3/h6-7,11H,4-5,8-10H2,1-3H3,(H,16,19). The van der Waals surface area contributed by atoms with E-state index in [0.717, 1.165) is 31.2 Å². The number of likely N-dealkylation sites (N-methyl/N-ethyl adjacent to an activating group) is 1. The molecule has 0 saturated heterocycles. The predicted octanol–water partition coefficient (Wildman–Crippen LogP) is 2.18. The molecule has 0 bridgehead atoms. The smallest absolute Gasteiger partial charge is 0.173 e. The number of benzene rings is 1. The molecule has 0 radical (unpaired) electrons. The number of nitrogens with one attached hydrogen (secondary N) is 1. The third-order valence-electron chi connectivity index (χ3n) is 3.43. The molecule has 0 aromatic heterocycles. The van der Waals surface area contributed by atoms with Gasteiger partial charge in [-0.1, -0.05) is 17.7 Å². The fourth-order valence-electron chi connectivity index (χ4n) is 2.42. The van der Waals surface area contributed by atoms with Crippen LogP contribution in [-0.2, 0) is 6.42 Å². The predicted molar refractivity (Wildman–Crippen MR) is 86.0 cm³/mol. The maximum Gasteiger partial charge on any atom is 0.173 e. The van der Waals surface area contributed by atoms with Gasteiger partial charge in [-0.2, -0.15) is 0 Å². The van der Waals surface area contributed by atoms with E-state index < -0.39 is 0 Å². The number of fused-ring (bicyclic) bond motifs is 1. The number of rotatable bonds is 3. The molecule has 0 aliphatic carbocycles. The molecule has 0 saturated carbocycles. The Labute approximate surface area is 121 Å². The zero-order valence-corrected chi connectivity index (χ0v) is 12.9. The summed E-state index contributed by atoms with van der Waals surface area (Å²) in [5, 5.41) is 4.21. The van der Waals surface area contributed by atoms with Gasteiger partial charge in [0.1, 0.15) is 0 Å².